The topological polar surface area (TPSA) is 145 Å². The number of amides is 1. The van der Waals surface area contributed by atoms with Crippen molar-refractivity contribution >= 4 is 23.3 Å². The Hall–Kier alpha value is -3.41. The fourth-order valence-electron chi connectivity index (χ4n) is 1.52. The third kappa shape index (κ3) is 6.26. The number of nitro benzene ring substituents is 1. The Bertz CT molecular complexity index is 661. The van der Waals surface area contributed by atoms with Crippen molar-refractivity contribution in [3.05, 3.63) is 46.2 Å². The van der Waals surface area contributed by atoms with Crippen LogP contribution >= 0.6 is 0 Å². The number of carboxylic acid groups (broad SMARTS) is 1. The van der Waals surface area contributed by atoms with Gasteiger partial charge in [0.2, 0.25) is 0 Å². The van der Waals surface area contributed by atoms with E-state index >= 15 is 0 Å². The quantitative estimate of drug-likeness (QED) is 0.216. The van der Waals surface area contributed by atoms with Gasteiger partial charge < -0.3 is 15.7 Å². The zero-order valence-electron chi connectivity index (χ0n) is 12.0. The zero-order chi connectivity index (χ0) is 17.2. The molecule has 1 aromatic carbocycles. The summed E-state index contributed by atoms with van der Waals surface area (Å²) in [7, 11) is 0. The monoisotopic (exact) mass is 318 g/mol. The molecule has 0 atom stereocenters. The van der Waals surface area contributed by atoms with Crippen LogP contribution in [0.15, 0.2) is 36.0 Å². The van der Waals surface area contributed by atoms with Crippen LogP contribution in [-0.2, 0) is 9.59 Å². The smallest absolute Gasteiger partial charge is 0.303 e. The molecule has 1 rings (SSSR count). The number of hydrogen-bond acceptors (Lipinski definition) is 6. The number of nitrogens with one attached hydrogen (secondary N) is 2. The van der Waals surface area contributed by atoms with Crippen LogP contribution in [0.4, 0.5) is 11.4 Å². The molecule has 1 aromatic rings. The Morgan fingerprint density at radius 1 is 1.35 bits per heavy atom. The number of nitrogens with zero attached hydrogens (tertiary/aromatic N) is 2. The maximum atomic E-state index is 11.7. The summed E-state index contributed by atoms with van der Waals surface area (Å²) in [6.45, 7) is 0.141. The average molecular weight is 318 g/mol. The number of nitro groups is 1. The van der Waals surface area contributed by atoms with Crippen LogP contribution in [0.2, 0.25) is 0 Å². The first-order valence-corrected chi connectivity index (χ1v) is 6.55. The van der Waals surface area contributed by atoms with Crippen molar-refractivity contribution in [2.45, 2.75) is 12.8 Å². The maximum absolute atomic E-state index is 11.7. The van der Waals surface area contributed by atoms with Crippen LogP contribution in [0.5, 0.6) is 0 Å². The van der Waals surface area contributed by atoms with E-state index in [1.165, 1.54) is 30.5 Å². The molecule has 0 spiro atoms. The number of carbonyl (C=O) groups excluding carboxylic acids is 1. The number of carbonyl (C=O) groups is 2. The number of rotatable bonds is 8. The van der Waals surface area contributed by atoms with Crippen LogP contribution in [0, 0.1) is 21.4 Å². The SMILES string of the molecule is N#C/C(=C/Nc1ccc([N+](=O)[O-])cc1)C(=O)NCCCC(=O)O. The summed E-state index contributed by atoms with van der Waals surface area (Å²) in [6.07, 6.45) is 1.36. The second kappa shape index (κ2) is 8.78. The lowest BCUT2D eigenvalue weighted by Crippen LogP contribution is -2.26. The Kier molecular flexibility index (Phi) is 6.74. The van der Waals surface area contributed by atoms with Crippen molar-refractivity contribution in [1.29, 1.82) is 5.26 Å². The molecule has 0 saturated carbocycles. The van der Waals surface area contributed by atoms with Gasteiger partial charge in [-0.3, -0.25) is 19.7 Å². The van der Waals surface area contributed by atoms with Gasteiger partial charge in [0.15, 0.2) is 0 Å². The number of non-ortho nitro benzene ring substituents is 1. The summed E-state index contributed by atoms with van der Waals surface area (Å²) in [5.41, 5.74) is 0.205. The van der Waals surface area contributed by atoms with E-state index in [1.807, 2.05) is 0 Å². The molecule has 0 bridgehead atoms. The van der Waals surface area contributed by atoms with Crippen molar-refractivity contribution in [3.8, 4) is 6.07 Å². The lowest BCUT2D eigenvalue weighted by Gasteiger charge is -2.04. The van der Waals surface area contributed by atoms with Gasteiger partial charge in [0, 0.05) is 37.0 Å². The highest BCUT2D eigenvalue weighted by molar-refractivity contribution is 5.97. The molecule has 0 unspecified atom stereocenters. The fraction of sp³-hybridized carbons (Fsp3) is 0.214. The second-order valence-corrected chi connectivity index (χ2v) is 4.37. The molecular weight excluding hydrogens is 304 g/mol. The number of carboxylic acids is 1. The highest BCUT2D eigenvalue weighted by atomic mass is 16.6. The molecule has 9 nitrogen and oxygen atoms in total. The van der Waals surface area contributed by atoms with Crippen molar-refractivity contribution < 1.29 is 19.6 Å². The third-order valence-electron chi connectivity index (χ3n) is 2.68. The summed E-state index contributed by atoms with van der Waals surface area (Å²) in [5, 5.41) is 33.0. The normalized spacial score (nSPS) is 10.5. The standard InChI is InChI=1S/C14H14N4O5/c15-8-10(14(21)16-7-1-2-13(19)20)9-17-11-3-5-12(6-4-11)18(22)23/h3-6,9,17H,1-2,7H2,(H,16,21)(H,19,20)/b10-9-. The predicted octanol–water partition coefficient (Wildman–Crippen LogP) is 1.40. The predicted molar refractivity (Wildman–Crippen MR) is 80.3 cm³/mol. The van der Waals surface area contributed by atoms with Crippen LogP contribution in [0.3, 0.4) is 0 Å². The highest BCUT2D eigenvalue weighted by Crippen LogP contribution is 2.15. The zero-order valence-corrected chi connectivity index (χ0v) is 12.0. The van der Waals surface area contributed by atoms with Gasteiger partial charge in [-0.15, -0.1) is 0 Å². The largest absolute Gasteiger partial charge is 0.481 e. The first kappa shape index (κ1) is 17.6. The number of benzene rings is 1. The molecule has 1 amide bonds. The molecule has 0 aromatic heterocycles. The Morgan fingerprint density at radius 3 is 2.52 bits per heavy atom. The average Bonchev–Trinajstić information content (AvgIpc) is 2.52. The van der Waals surface area contributed by atoms with Gasteiger partial charge in [-0.1, -0.05) is 0 Å². The van der Waals surface area contributed by atoms with Crippen molar-refractivity contribution in [2.75, 3.05) is 11.9 Å². The van der Waals surface area contributed by atoms with Gasteiger partial charge >= 0.3 is 5.97 Å². The van der Waals surface area contributed by atoms with Crippen LogP contribution < -0.4 is 10.6 Å². The van der Waals surface area contributed by atoms with E-state index in [-0.39, 0.29) is 30.6 Å². The van der Waals surface area contributed by atoms with Crippen LogP contribution in [-0.4, -0.2) is 28.5 Å². The van der Waals surface area contributed by atoms with Crippen LogP contribution in [0.25, 0.3) is 0 Å². The van der Waals surface area contributed by atoms with Gasteiger partial charge in [0.05, 0.1) is 4.92 Å². The molecule has 9 heteroatoms. The summed E-state index contributed by atoms with van der Waals surface area (Å²) in [6, 6.07) is 7.16. The molecule has 0 aliphatic carbocycles. The summed E-state index contributed by atoms with van der Waals surface area (Å²) in [5.74, 6) is -1.59. The van der Waals surface area contributed by atoms with Crippen LogP contribution in [0.1, 0.15) is 12.8 Å². The first-order valence-electron chi connectivity index (χ1n) is 6.55. The van der Waals surface area contributed by atoms with Crippen molar-refractivity contribution in [2.24, 2.45) is 0 Å². The third-order valence-corrected chi connectivity index (χ3v) is 2.68. The number of hydrogen-bond donors (Lipinski definition) is 3. The molecule has 0 saturated heterocycles. The number of anilines is 1. The minimum absolute atomic E-state index is 0.0730. The maximum Gasteiger partial charge on any atom is 0.303 e. The molecule has 0 radical (unpaired) electrons. The lowest BCUT2D eigenvalue weighted by atomic mass is 10.2. The number of nitriles is 1. The Labute approximate surface area is 131 Å². The van der Waals surface area contributed by atoms with E-state index in [0.29, 0.717) is 5.69 Å². The molecule has 0 aliphatic rings. The minimum Gasteiger partial charge on any atom is -0.481 e. The summed E-state index contributed by atoms with van der Waals surface area (Å²) in [4.78, 5) is 32.0. The second-order valence-electron chi connectivity index (χ2n) is 4.37. The molecule has 0 heterocycles. The van der Waals surface area contributed by atoms with E-state index < -0.39 is 16.8 Å². The molecular formula is C14H14N4O5. The van der Waals surface area contributed by atoms with Crippen molar-refractivity contribution in [1.82, 2.24) is 5.32 Å². The molecule has 120 valence electrons. The minimum atomic E-state index is -0.963. The summed E-state index contributed by atoms with van der Waals surface area (Å²) < 4.78 is 0. The molecule has 0 aliphatic heterocycles. The number of aliphatic carboxylic acids is 1. The lowest BCUT2D eigenvalue weighted by molar-refractivity contribution is -0.384. The molecule has 0 fully saturated rings. The van der Waals surface area contributed by atoms with E-state index in [2.05, 4.69) is 10.6 Å². The Morgan fingerprint density at radius 2 is 2.00 bits per heavy atom. The van der Waals surface area contributed by atoms with Gasteiger partial charge in [-0.25, -0.2) is 0 Å². The van der Waals surface area contributed by atoms with Gasteiger partial charge in [-0.05, 0) is 18.6 Å². The van der Waals surface area contributed by atoms with Crippen molar-refractivity contribution in [3.63, 3.8) is 0 Å². The Balaban J connectivity index is 2.57. The van der Waals surface area contributed by atoms with Gasteiger partial charge in [-0.2, -0.15) is 5.26 Å². The summed E-state index contributed by atoms with van der Waals surface area (Å²) >= 11 is 0. The van der Waals surface area contributed by atoms with E-state index in [0.717, 1.165) is 0 Å². The molecule has 23 heavy (non-hydrogen) atoms. The highest BCUT2D eigenvalue weighted by Gasteiger charge is 2.09. The van der Waals surface area contributed by atoms with Gasteiger partial charge in [0.1, 0.15) is 11.6 Å². The van der Waals surface area contributed by atoms with E-state index in [4.69, 9.17) is 10.4 Å². The first-order chi connectivity index (χ1) is 10.9. The van der Waals surface area contributed by atoms with E-state index in [9.17, 15) is 19.7 Å². The fourth-order valence-corrected chi connectivity index (χ4v) is 1.52. The molecule has 3 N–H and O–H groups in total. The van der Waals surface area contributed by atoms with Gasteiger partial charge in [0.25, 0.3) is 11.6 Å². The van der Waals surface area contributed by atoms with E-state index in [1.54, 1.807) is 6.07 Å².